The second-order valence-electron chi connectivity index (χ2n) is 6.18. The number of allylic oxidation sites excluding steroid dienone is 1. The molecule has 0 spiro atoms. The smallest absolute Gasteiger partial charge is 0.246 e. The summed E-state index contributed by atoms with van der Waals surface area (Å²) in [6.07, 6.45) is 7.16. The first-order valence-electron chi connectivity index (χ1n) is 6.92. The number of carbonyl (C=O) groups excluding carboxylic acids is 1. The number of rotatable bonds is 2. The van der Waals surface area contributed by atoms with Crippen LogP contribution in [0.4, 0.5) is 0 Å². The van der Waals surface area contributed by atoms with E-state index in [4.69, 9.17) is 4.84 Å². The highest BCUT2D eigenvalue weighted by Crippen LogP contribution is 2.25. The molecule has 0 aromatic heterocycles. The van der Waals surface area contributed by atoms with Crippen molar-refractivity contribution in [3.8, 4) is 0 Å². The van der Waals surface area contributed by atoms with Gasteiger partial charge in [0.05, 0.1) is 21.2 Å². The Hall–Kier alpha value is -0.613. The number of hydrogen-bond donors (Lipinski definition) is 0. The van der Waals surface area contributed by atoms with Gasteiger partial charge < -0.3 is 0 Å². The van der Waals surface area contributed by atoms with Crippen LogP contribution in [0.2, 0.25) is 19.6 Å². The van der Waals surface area contributed by atoms with Crippen LogP contribution >= 0.6 is 0 Å². The molecule has 0 bridgehead atoms. The van der Waals surface area contributed by atoms with Crippen LogP contribution in [0.5, 0.6) is 0 Å². The van der Waals surface area contributed by atoms with Gasteiger partial charge in [0.25, 0.3) is 0 Å². The summed E-state index contributed by atoms with van der Waals surface area (Å²) in [4.78, 5) is 17.3. The fourth-order valence-corrected chi connectivity index (χ4v) is 4.10. The number of carbonyl (C=O) groups is 1. The third-order valence-corrected chi connectivity index (χ3v) is 5.89. The molecule has 0 N–H and O–H groups in total. The predicted molar refractivity (Wildman–Crippen MR) is 77.8 cm³/mol. The van der Waals surface area contributed by atoms with Crippen LogP contribution in [-0.2, 0) is 9.63 Å². The average Bonchev–Trinajstić information content (AvgIpc) is 2.26. The standard InChI is InChI=1S/C14H27NO2Si/c1-12-11-13(18(3,4)5)9-7-6-8-10-14(16)15(12)17-2/h9,12H,6-8,10-11H2,1-5H3/b13-9-. The molecule has 0 fully saturated rings. The lowest BCUT2D eigenvalue weighted by molar-refractivity contribution is -0.186. The Bertz CT molecular complexity index is 320. The Morgan fingerprint density at radius 3 is 2.56 bits per heavy atom. The van der Waals surface area contributed by atoms with Gasteiger partial charge in [0, 0.05) is 6.42 Å². The Labute approximate surface area is 112 Å². The van der Waals surface area contributed by atoms with Crippen molar-refractivity contribution in [3.05, 3.63) is 11.3 Å². The van der Waals surface area contributed by atoms with Crippen molar-refractivity contribution >= 4 is 14.0 Å². The Balaban J connectivity index is 2.91. The van der Waals surface area contributed by atoms with E-state index in [9.17, 15) is 4.79 Å². The molecule has 104 valence electrons. The zero-order valence-corrected chi connectivity index (χ0v) is 13.5. The van der Waals surface area contributed by atoms with Gasteiger partial charge in [0.15, 0.2) is 0 Å². The van der Waals surface area contributed by atoms with Gasteiger partial charge in [-0.05, 0) is 32.6 Å². The van der Waals surface area contributed by atoms with E-state index >= 15 is 0 Å². The molecule has 0 aliphatic carbocycles. The maximum Gasteiger partial charge on any atom is 0.246 e. The molecule has 1 heterocycles. The van der Waals surface area contributed by atoms with E-state index in [0.717, 1.165) is 25.7 Å². The van der Waals surface area contributed by atoms with Crippen LogP contribution < -0.4 is 0 Å². The third kappa shape index (κ3) is 4.25. The van der Waals surface area contributed by atoms with Crippen molar-refractivity contribution in [2.24, 2.45) is 0 Å². The van der Waals surface area contributed by atoms with E-state index in [-0.39, 0.29) is 11.9 Å². The van der Waals surface area contributed by atoms with Crippen molar-refractivity contribution in [3.63, 3.8) is 0 Å². The lowest BCUT2D eigenvalue weighted by Crippen LogP contribution is -2.40. The highest BCUT2D eigenvalue weighted by molar-refractivity contribution is 6.83. The molecule has 1 aliphatic heterocycles. The van der Waals surface area contributed by atoms with Crippen molar-refractivity contribution < 1.29 is 9.63 Å². The zero-order chi connectivity index (χ0) is 13.8. The molecular formula is C14H27NO2Si. The van der Waals surface area contributed by atoms with E-state index < -0.39 is 8.07 Å². The predicted octanol–water partition coefficient (Wildman–Crippen LogP) is 3.53. The molecule has 1 unspecified atom stereocenters. The number of amides is 1. The molecule has 0 aromatic rings. The summed E-state index contributed by atoms with van der Waals surface area (Å²) in [5, 5.41) is 3.13. The second kappa shape index (κ2) is 6.52. The second-order valence-corrected chi connectivity index (χ2v) is 11.3. The van der Waals surface area contributed by atoms with Gasteiger partial charge in [-0.3, -0.25) is 9.63 Å². The maximum atomic E-state index is 12.0. The van der Waals surface area contributed by atoms with Gasteiger partial charge in [-0.25, -0.2) is 5.06 Å². The minimum Gasteiger partial charge on any atom is -0.274 e. The summed E-state index contributed by atoms with van der Waals surface area (Å²) in [5.74, 6) is 0.127. The van der Waals surface area contributed by atoms with Crippen LogP contribution in [0, 0.1) is 0 Å². The van der Waals surface area contributed by atoms with Crippen LogP contribution in [0.1, 0.15) is 39.0 Å². The number of hydrogen-bond acceptors (Lipinski definition) is 2. The largest absolute Gasteiger partial charge is 0.274 e. The molecule has 4 heteroatoms. The molecule has 0 radical (unpaired) electrons. The number of hydroxylamine groups is 2. The van der Waals surface area contributed by atoms with Gasteiger partial charge in [0.2, 0.25) is 5.91 Å². The topological polar surface area (TPSA) is 29.5 Å². The zero-order valence-electron chi connectivity index (χ0n) is 12.5. The van der Waals surface area contributed by atoms with Gasteiger partial charge in [-0.15, -0.1) is 0 Å². The minimum absolute atomic E-state index is 0.127. The van der Waals surface area contributed by atoms with Crippen molar-refractivity contribution in [1.29, 1.82) is 0 Å². The summed E-state index contributed by atoms with van der Waals surface area (Å²) in [6.45, 7) is 9.19. The lowest BCUT2D eigenvalue weighted by Gasteiger charge is -2.31. The maximum absolute atomic E-state index is 12.0. The SMILES string of the molecule is CON1C(=O)CCCC/C=C(\[Si](C)(C)C)CC1C. The summed E-state index contributed by atoms with van der Waals surface area (Å²) in [5.41, 5.74) is 0. The summed E-state index contributed by atoms with van der Waals surface area (Å²) in [6, 6.07) is 0.138. The minimum atomic E-state index is -1.29. The molecule has 1 rings (SSSR count). The summed E-state index contributed by atoms with van der Waals surface area (Å²) >= 11 is 0. The first-order chi connectivity index (χ1) is 8.36. The molecule has 0 saturated heterocycles. The first kappa shape index (κ1) is 15.4. The third-order valence-electron chi connectivity index (χ3n) is 3.56. The van der Waals surface area contributed by atoms with Crippen molar-refractivity contribution in [1.82, 2.24) is 5.06 Å². The molecular weight excluding hydrogens is 242 g/mol. The highest BCUT2D eigenvalue weighted by Gasteiger charge is 2.26. The lowest BCUT2D eigenvalue weighted by atomic mass is 10.1. The van der Waals surface area contributed by atoms with Crippen LogP contribution in [0.25, 0.3) is 0 Å². The van der Waals surface area contributed by atoms with E-state index in [0.29, 0.717) is 6.42 Å². The van der Waals surface area contributed by atoms with Gasteiger partial charge in [-0.1, -0.05) is 30.9 Å². The van der Waals surface area contributed by atoms with E-state index in [1.54, 1.807) is 17.4 Å². The van der Waals surface area contributed by atoms with Crippen molar-refractivity contribution in [2.75, 3.05) is 7.11 Å². The van der Waals surface area contributed by atoms with Gasteiger partial charge in [-0.2, -0.15) is 0 Å². The van der Waals surface area contributed by atoms with Crippen LogP contribution in [0.15, 0.2) is 11.3 Å². The van der Waals surface area contributed by atoms with Crippen molar-refractivity contribution in [2.45, 2.75) is 64.7 Å². The highest BCUT2D eigenvalue weighted by atomic mass is 28.3. The molecule has 3 nitrogen and oxygen atoms in total. The Morgan fingerprint density at radius 1 is 1.33 bits per heavy atom. The molecule has 1 atom stereocenters. The molecule has 0 saturated carbocycles. The van der Waals surface area contributed by atoms with E-state index in [1.165, 1.54) is 0 Å². The van der Waals surface area contributed by atoms with Crippen LogP contribution in [-0.4, -0.2) is 32.2 Å². The summed E-state index contributed by atoms with van der Waals surface area (Å²) in [7, 11) is 0.307. The fourth-order valence-electron chi connectivity index (χ4n) is 2.43. The van der Waals surface area contributed by atoms with Crippen LogP contribution in [0.3, 0.4) is 0 Å². The van der Waals surface area contributed by atoms with E-state index in [1.807, 2.05) is 0 Å². The molecule has 1 amide bonds. The average molecular weight is 269 g/mol. The number of nitrogens with zero attached hydrogens (tertiary/aromatic N) is 1. The van der Waals surface area contributed by atoms with E-state index in [2.05, 4.69) is 32.6 Å². The Kier molecular flexibility index (Phi) is 5.60. The summed E-state index contributed by atoms with van der Waals surface area (Å²) < 4.78 is 0. The Morgan fingerprint density at radius 2 is 2.00 bits per heavy atom. The molecule has 18 heavy (non-hydrogen) atoms. The monoisotopic (exact) mass is 269 g/mol. The molecule has 0 aromatic carbocycles. The normalized spacial score (nSPS) is 26.7. The first-order valence-corrected chi connectivity index (χ1v) is 10.4. The van der Waals surface area contributed by atoms with Gasteiger partial charge in [0.1, 0.15) is 0 Å². The fraction of sp³-hybridized carbons (Fsp3) is 0.786. The quantitative estimate of drug-likeness (QED) is 0.718. The van der Waals surface area contributed by atoms with Gasteiger partial charge >= 0.3 is 0 Å². The molecule has 1 aliphatic rings.